The van der Waals surface area contributed by atoms with Crippen LogP contribution in [0.3, 0.4) is 0 Å². The zero-order chi connectivity index (χ0) is 10.4. The first-order valence-electron chi connectivity index (χ1n) is 6.17. The molecule has 0 heterocycles. The van der Waals surface area contributed by atoms with Crippen molar-refractivity contribution in [1.29, 1.82) is 0 Å². The molecule has 0 aromatic rings. The maximum Gasteiger partial charge on any atom is 0.0549 e. The van der Waals surface area contributed by atoms with Crippen LogP contribution in [0.15, 0.2) is 0 Å². The summed E-state index contributed by atoms with van der Waals surface area (Å²) in [6, 6.07) is 0.726. The van der Waals surface area contributed by atoms with Crippen LogP contribution in [0, 0.1) is 5.92 Å². The van der Waals surface area contributed by atoms with E-state index in [0.29, 0.717) is 0 Å². The third-order valence-corrected chi connectivity index (χ3v) is 3.50. The molecular weight excluding hydrogens is 174 g/mol. The number of nitrogens with one attached hydrogen (secondary N) is 1. The van der Waals surface area contributed by atoms with Crippen molar-refractivity contribution in [2.75, 3.05) is 6.54 Å². The summed E-state index contributed by atoms with van der Waals surface area (Å²) in [4.78, 5) is 0. The Bertz CT molecular complexity index is 149. The molecule has 14 heavy (non-hydrogen) atoms. The summed E-state index contributed by atoms with van der Waals surface area (Å²) in [6.07, 6.45) is 7.08. The van der Waals surface area contributed by atoms with Crippen molar-refractivity contribution in [3.05, 3.63) is 0 Å². The lowest BCUT2D eigenvalue weighted by Gasteiger charge is -2.14. The van der Waals surface area contributed by atoms with Gasteiger partial charge in [-0.1, -0.05) is 20.3 Å². The molecule has 1 aliphatic carbocycles. The topological polar surface area (TPSA) is 32.3 Å². The highest BCUT2D eigenvalue weighted by atomic mass is 16.3. The van der Waals surface area contributed by atoms with Crippen molar-refractivity contribution in [3.63, 3.8) is 0 Å². The normalized spacial score (nSPS) is 29.4. The maximum atomic E-state index is 9.39. The maximum absolute atomic E-state index is 9.39. The van der Waals surface area contributed by atoms with Crippen molar-refractivity contribution in [2.45, 2.75) is 64.5 Å². The molecule has 0 spiro atoms. The summed E-state index contributed by atoms with van der Waals surface area (Å²) >= 11 is 0. The fraction of sp³-hybridized carbons (Fsp3) is 1.00. The molecule has 1 aliphatic rings. The Balaban J connectivity index is 2.03. The monoisotopic (exact) mass is 199 g/mol. The van der Waals surface area contributed by atoms with Gasteiger partial charge in [0.25, 0.3) is 0 Å². The highest BCUT2D eigenvalue weighted by Gasteiger charge is 2.22. The van der Waals surface area contributed by atoms with E-state index in [1.807, 2.05) is 6.92 Å². The second-order valence-corrected chi connectivity index (χ2v) is 4.59. The van der Waals surface area contributed by atoms with Crippen molar-refractivity contribution in [2.24, 2.45) is 5.92 Å². The van der Waals surface area contributed by atoms with Crippen LogP contribution in [0.4, 0.5) is 0 Å². The highest BCUT2D eigenvalue weighted by Crippen LogP contribution is 2.27. The van der Waals surface area contributed by atoms with Crippen LogP contribution in [-0.4, -0.2) is 23.8 Å². The average Bonchev–Trinajstić information content (AvgIpc) is 2.65. The van der Waals surface area contributed by atoms with Crippen LogP contribution < -0.4 is 5.32 Å². The molecule has 0 aromatic heterocycles. The van der Waals surface area contributed by atoms with E-state index in [-0.39, 0.29) is 6.10 Å². The molecule has 2 heteroatoms. The molecule has 3 unspecified atom stereocenters. The molecule has 84 valence electrons. The van der Waals surface area contributed by atoms with E-state index in [1.165, 1.54) is 25.7 Å². The molecular formula is C12H25NO. The Labute approximate surface area is 88.1 Å². The Morgan fingerprint density at radius 3 is 2.71 bits per heavy atom. The second kappa shape index (κ2) is 6.41. The van der Waals surface area contributed by atoms with Crippen LogP contribution in [0.2, 0.25) is 0 Å². The molecule has 0 radical (unpaired) electrons. The molecule has 1 rings (SSSR count). The van der Waals surface area contributed by atoms with Crippen LogP contribution in [-0.2, 0) is 0 Å². The average molecular weight is 199 g/mol. The van der Waals surface area contributed by atoms with E-state index in [9.17, 15) is 5.11 Å². The molecule has 0 saturated heterocycles. The van der Waals surface area contributed by atoms with Crippen molar-refractivity contribution >= 4 is 0 Å². The Morgan fingerprint density at radius 1 is 1.36 bits per heavy atom. The molecule has 2 N–H and O–H groups in total. The van der Waals surface area contributed by atoms with Crippen LogP contribution in [0.1, 0.15) is 52.4 Å². The van der Waals surface area contributed by atoms with Gasteiger partial charge >= 0.3 is 0 Å². The number of rotatable bonds is 6. The summed E-state index contributed by atoms with van der Waals surface area (Å²) in [5.41, 5.74) is 0. The zero-order valence-electron chi connectivity index (χ0n) is 9.63. The largest absolute Gasteiger partial charge is 0.393 e. The van der Waals surface area contributed by atoms with Gasteiger partial charge in [0.05, 0.1) is 6.10 Å². The van der Waals surface area contributed by atoms with E-state index < -0.39 is 0 Å². The second-order valence-electron chi connectivity index (χ2n) is 4.59. The van der Waals surface area contributed by atoms with Crippen LogP contribution >= 0.6 is 0 Å². The lowest BCUT2D eigenvalue weighted by Crippen LogP contribution is -2.29. The summed E-state index contributed by atoms with van der Waals surface area (Å²) < 4.78 is 0. The minimum atomic E-state index is -0.106. The highest BCUT2D eigenvalue weighted by molar-refractivity contribution is 4.79. The van der Waals surface area contributed by atoms with E-state index in [1.54, 1.807) is 0 Å². The summed E-state index contributed by atoms with van der Waals surface area (Å²) in [7, 11) is 0. The van der Waals surface area contributed by atoms with Gasteiger partial charge in [-0.2, -0.15) is 0 Å². The van der Waals surface area contributed by atoms with Gasteiger partial charge in [0, 0.05) is 6.04 Å². The first-order valence-corrected chi connectivity index (χ1v) is 6.17. The SMILES string of the molecule is CCC(O)CCNC1CCC(CC)C1. The molecule has 0 aliphatic heterocycles. The van der Waals surface area contributed by atoms with Gasteiger partial charge in [0.2, 0.25) is 0 Å². The molecule has 2 nitrogen and oxygen atoms in total. The lowest BCUT2D eigenvalue weighted by atomic mass is 10.1. The summed E-state index contributed by atoms with van der Waals surface area (Å²) in [5.74, 6) is 0.948. The minimum absolute atomic E-state index is 0.106. The number of hydrogen-bond donors (Lipinski definition) is 2. The first kappa shape index (κ1) is 12.0. The fourth-order valence-corrected chi connectivity index (χ4v) is 2.29. The number of aliphatic hydroxyl groups is 1. The van der Waals surface area contributed by atoms with Gasteiger partial charge < -0.3 is 10.4 Å². The smallest absolute Gasteiger partial charge is 0.0549 e. The number of hydrogen-bond acceptors (Lipinski definition) is 2. The molecule has 0 bridgehead atoms. The van der Waals surface area contributed by atoms with Crippen molar-refractivity contribution in [3.8, 4) is 0 Å². The summed E-state index contributed by atoms with van der Waals surface area (Å²) in [5, 5.41) is 12.9. The summed E-state index contributed by atoms with van der Waals surface area (Å²) in [6.45, 7) is 5.30. The molecule has 1 fully saturated rings. The van der Waals surface area contributed by atoms with E-state index in [2.05, 4.69) is 12.2 Å². The van der Waals surface area contributed by atoms with Gasteiger partial charge in [-0.15, -0.1) is 0 Å². The van der Waals surface area contributed by atoms with E-state index >= 15 is 0 Å². The minimum Gasteiger partial charge on any atom is -0.393 e. The predicted octanol–water partition coefficient (Wildman–Crippen LogP) is 2.32. The Morgan fingerprint density at radius 2 is 2.14 bits per heavy atom. The molecule has 0 aromatic carbocycles. The van der Waals surface area contributed by atoms with Gasteiger partial charge in [0.15, 0.2) is 0 Å². The van der Waals surface area contributed by atoms with Gasteiger partial charge in [0.1, 0.15) is 0 Å². The number of aliphatic hydroxyl groups excluding tert-OH is 1. The Hall–Kier alpha value is -0.0800. The molecule has 1 saturated carbocycles. The van der Waals surface area contributed by atoms with Gasteiger partial charge in [-0.3, -0.25) is 0 Å². The van der Waals surface area contributed by atoms with E-state index in [0.717, 1.165) is 31.3 Å². The van der Waals surface area contributed by atoms with Gasteiger partial charge in [-0.05, 0) is 44.6 Å². The lowest BCUT2D eigenvalue weighted by molar-refractivity contribution is 0.158. The fourth-order valence-electron chi connectivity index (χ4n) is 2.29. The third-order valence-electron chi connectivity index (χ3n) is 3.50. The predicted molar refractivity (Wildman–Crippen MR) is 60.3 cm³/mol. The molecule has 0 amide bonds. The standard InChI is InChI=1S/C12H25NO/c1-3-10-5-6-11(9-10)13-8-7-12(14)4-2/h10-14H,3-9H2,1-2H3. The molecule has 3 atom stereocenters. The zero-order valence-corrected chi connectivity index (χ0v) is 9.63. The Kier molecular flexibility index (Phi) is 5.49. The van der Waals surface area contributed by atoms with Crippen LogP contribution in [0.5, 0.6) is 0 Å². The van der Waals surface area contributed by atoms with Crippen molar-refractivity contribution < 1.29 is 5.11 Å². The van der Waals surface area contributed by atoms with E-state index in [4.69, 9.17) is 0 Å². The van der Waals surface area contributed by atoms with Crippen molar-refractivity contribution in [1.82, 2.24) is 5.32 Å². The van der Waals surface area contributed by atoms with Crippen LogP contribution in [0.25, 0.3) is 0 Å². The third kappa shape index (κ3) is 3.97. The van der Waals surface area contributed by atoms with Gasteiger partial charge in [-0.25, -0.2) is 0 Å². The first-order chi connectivity index (χ1) is 6.76. The quantitative estimate of drug-likeness (QED) is 0.688.